The molecule has 1 heterocycles. The maximum absolute atomic E-state index is 12.5. The molecule has 0 aliphatic heterocycles. The molecule has 0 spiro atoms. The second-order valence-corrected chi connectivity index (χ2v) is 5.40. The summed E-state index contributed by atoms with van der Waals surface area (Å²) >= 11 is 1.45. The molecular weight excluding hydrogens is 287 g/mol. The molecule has 0 fully saturated rings. The summed E-state index contributed by atoms with van der Waals surface area (Å²) in [4.78, 5) is 0. The lowest BCUT2D eigenvalue weighted by atomic mass is 10.1. The van der Waals surface area contributed by atoms with Crippen molar-refractivity contribution < 1.29 is 13.2 Å². The Labute approximate surface area is 118 Å². The van der Waals surface area contributed by atoms with Gasteiger partial charge in [-0.25, -0.2) is 0 Å². The molecule has 0 aliphatic rings. The molecule has 3 nitrogen and oxygen atoms in total. The largest absolute Gasteiger partial charge is 0.416 e. The number of alkyl halides is 3. The average Bonchev–Trinajstić information content (AvgIpc) is 2.85. The SMILES string of the molecule is CCc1nnc(NC(C)c2ccc(C(F)(F)F)cc2)s1. The quantitative estimate of drug-likeness (QED) is 0.915. The minimum absolute atomic E-state index is 0.130. The molecule has 0 bridgehead atoms. The van der Waals surface area contributed by atoms with E-state index >= 15 is 0 Å². The summed E-state index contributed by atoms with van der Waals surface area (Å²) in [5.74, 6) is 0. The zero-order valence-corrected chi connectivity index (χ0v) is 11.8. The first-order chi connectivity index (χ1) is 9.40. The monoisotopic (exact) mass is 301 g/mol. The summed E-state index contributed by atoms with van der Waals surface area (Å²) in [5.41, 5.74) is 0.129. The van der Waals surface area contributed by atoms with Crippen LogP contribution in [0.5, 0.6) is 0 Å². The third-order valence-corrected chi connectivity index (χ3v) is 3.85. The number of aromatic nitrogens is 2. The van der Waals surface area contributed by atoms with Crippen LogP contribution in [0.25, 0.3) is 0 Å². The van der Waals surface area contributed by atoms with Crippen LogP contribution in [0.2, 0.25) is 0 Å². The van der Waals surface area contributed by atoms with Gasteiger partial charge in [0.2, 0.25) is 5.13 Å². The Hall–Kier alpha value is -1.63. The number of hydrogen-bond donors (Lipinski definition) is 1. The molecule has 0 radical (unpaired) electrons. The van der Waals surface area contributed by atoms with E-state index in [0.29, 0.717) is 5.13 Å². The zero-order chi connectivity index (χ0) is 14.8. The maximum Gasteiger partial charge on any atom is 0.416 e. The molecule has 1 N–H and O–H groups in total. The van der Waals surface area contributed by atoms with Crippen LogP contribution in [0.15, 0.2) is 24.3 Å². The standard InChI is InChI=1S/C13H14F3N3S/c1-3-11-18-19-12(20-11)17-8(2)9-4-6-10(7-5-9)13(14,15)16/h4-8H,3H2,1-2H3,(H,17,19). The van der Waals surface area contributed by atoms with E-state index in [9.17, 15) is 13.2 Å². The van der Waals surface area contributed by atoms with Crippen molar-refractivity contribution in [1.29, 1.82) is 0 Å². The van der Waals surface area contributed by atoms with E-state index < -0.39 is 11.7 Å². The van der Waals surface area contributed by atoms with E-state index in [0.717, 1.165) is 29.1 Å². The fourth-order valence-corrected chi connectivity index (χ4v) is 2.45. The Morgan fingerprint density at radius 3 is 2.35 bits per heavy atom. The van der Waals surface area contributed by atoms with E-state index in [1.165, 1.54) is 23.5 Å². The molecular formula is C13H14F3N3S. The first-order valence-corrected chi connectivity index (χ1v) is 6.98. The van der Waals surface area contributed by atoms with Gasteiger partial charge in [-0.2, -0.15) is 13.2 Å². The highest BCUT2D eigenvalue weighted by Gasteiger charge is 2.30. The van der Waals surface area contributed by atoms with E-state index in [2.05, 4.69) is 15.5 Å². The van der Waals surface area contributed by atoms with Gasteiger partial charge in [-0.1, -0.05) is 30.4 Å². The maximum atomic E-state index is 12.5. The van der Waals surface area contributed by atoms with Crippen molar-refractivity contribution in [3.63, 3.8) is 0 Å². The number of hydrogen-bond acceptors (Lipinski definition) is 4. The summed E-state index contributed by atoms with van der Waals surface area (Å²) in [7, 11) is 0. The lowest BCUT2D eigenvalue weighted by Crippen LogP contribution is -2.08. The van der Waals surface area contributed by atoms with E-state index in [1.54, 1.807) is 0 Å². The van der Waals surface area contributed by atoms with Crippen LogP contribution in [-0.4, -0.2) is 10.2 Å². The van der Waals surface area contributed by atoms with Crippen LogP contribution in [0.4, 0.5) is 18.3 Å². The molecule has 7 heteroatoms. The van der Waals surface area contributed by atoms with Gasteiger partial charge in [0.1, 0.15) is 5.01 Å². The number of nitrogens with zero attached hydrogens (tertiary/aromatic N) is 2. The normalized spacial score (nSPS) is 13.2. The van der Waals surface area contributed by atoms with Crippen molar-refractivity contribution in [2.75, 3.05) is 5.32 Å². The summed E-state index contributed by atoms with van der Waals surface area (Å²) in [6.07, 6.45) is -3.49. The van der Waals surface area contributed by atoms with Gasteiger partial charge in [0, 0.05) is 0 Å². The summed E-state index contributed by atoms with van der Waals surface area (Å²) in [6, 6.07) is 5.00. The van der Waals surface area contributed by atoms with Crippen molar-refractivity contribution in [1.82, 2.24) is 10.2 Å². The molecule has 1 atom stereocenters. The number of aryl methyl sites for hydroxylation is 1. The molecule has 0 aliphatic carbocycles. The first-order valence-electron chi connectivity index (χ1n) is 6.16. The predicted octanol–water partition coefficient (Wildman–Crippen LogP) is 4.29. The van der Waals surface area contributed by atoms with Crippen LogP contribution in [0.1, 0.15) is 36.0 Å². The molecule has 20 heavy (non-hydrogen) atoms. The zero-order valence-electron chi connectivity index (χ0n) is 11.0. The highest BCUT2D eigenvalue weighted by Crippen LogP contribution is 2.30. The number of benzene rings is 1. The summed E-state index contributed by atoms with van der Waals surface area (Å²) in [6.45, 7) is 3.86. The lowest BCUT2D eigenvalue weighted by Gasteiger charge is -2.14. The molecule has 1 aromatic carbocycles. The van der Waals surface area contributed by atoms with Gasteiger partial charge in [-0.15, -0.1) is 10.2 Å². The average molecular weight is 301 g/mol. The Balaban J connectivity index is 2.07. The van der Waals surface area contributed by atoms with Crippen molar-refractivity contribution >= 4 is 16.5 Å². The van der Waals surface area contributed by atoms with Crippen molar-refractivity contribution in [3.05, 3.63) is 40.4 Å². The van der Waals surface area contributed by atoms with Crippen LogP contribution in [0.3, 0.4) is 0 Å². The van der Waals surface area contributed by atoms with E-state index in [-0.39, 0.29) is 6.04 Å². The minimum atomic E-state index is -4.30. The van der Waals surface area contributed by atoms with Gasteiger partial charge >= 0.3 is 6.18 Å². The molecule has 0 amide bonds. The van der Waals surface area contributed by atoms with Gasteiger partial charge in [0.15, 0.2) is 0 Å². The number of halogens is 3. The molecule has 2 aromatic rings. The van der Waals surface area contributed by atoms with Crippen LogP contribution in [-0.2, 0) is 12.6 Å². The Morgan fingerprint density at radius 1 is 1.20 bits per heavy atom. The Bertz CT molecular complexity index is 563. The highest BCUT2D eigenvalue weighted by molar-refractivity contribution is 7.15. The van der Waals surface area contributed by atoms with Gasteiger partial charge < -0.3 is 5.32 Å². The van der Waals surface area contributed by atoms with Crippen LogP contribution < -0.4 is 5.32 Å². The summed E-state index contributed by atoms with van der Waals surface area (Å²) < 4.78 is 37.4. The van der Waals surface area contributed by atoms with E-state index in [4.69, 9.17) is 0 Å². The predicted molar refractivity (Wildman–Crippen MR) is 72.8 cm³/mol. The molecule has 1 unspecified atom stereocenters. The third kappa shape index (κ3) is 3.47. The highest BCUT2D eigenvalue weighted by atomic mass is 32.1. The first kappa shape index (κ1) is 14.8. The van der Waals surface area contributed by atoms with Crippen molar-refractivity contribution in [2.24, 2.45) is 0 Å². The third-order valence-electron chi connectivity index (χ3n) is 2.85. The fraction of sp³-hybridized carbons (Fsp3) is 0.385. The molecule has 108 valence electrons. The molecule has 0 saturated carbocycles. The number of anilines is 1. The Kier molecular flexibility index (Phi) is 4.27. The fourth-order valence-electron chi connectivity index (χ4n) is 1.68. The lowest BCUT2D eigenvalue weighted by molar-refractivity contribution is -0.137. The van der Waals surface area contributed by atoms with Gasteiger partial charge in [0.05, 0.1) is 11.6 Å². The van der Waals surface area contributed by atoms with Gasteiger partial charge in [-0.3, -0.25) is 0 Å². The second-order valence-electron chi connectivity index (χ2n) is 4.34. The number of rotatable bonds is 4. The molecule has 1 aromatic heterocycles. The number of nitrogens with one attached hydrogen (secondary N) is 1. The van der Waals surface area contributed by atoms with Gasteiger partial charge in [0.25, 0.3) is 0 Å². The minimum Gasteiger partial charge on any atom is -0.354 e. The van der Waals surface area contributed by atoms with Crippen LogP contribution >= 0.6 is 11.3 Å². The summed E-state index contributed by atoms with van der Waals surface area (Å²) in [5, 5.41) is 12.7. The van der Waals surface area contributed by atoms with Crippen molar-refractivity contribution in [3.8, 4) is 0 Å². The smallest absolute Gasteiger partial charge is 0.354 e. The van der Waals surface area contributed by atoms with Crippen molar-refractivity contribution in [2.45, 2.75) is 32.5 Å². The second kappa shape index (κ2) is 5.78. The Morgan fingerprint density at radius 2 is 1.85 bits per heavy atom. The van der Waals surface area contributed by atoms with E-state index in [1.807, 2.05) is 13.8 Å². The topological polar surface area (TPSA) is 37.8 Å². The van der Waals surface area contributed by atoms with Gasteiger partial charge in [-0.05, 0) is 31.0 Å². The molecule has 0 saturated heterocycles. The van der Waals surface area contributed by atoms with Crippen LogP contribution in [0, 0.1) is 0 Å². The molecule has 2 rings (SSSR count).